The summed E-state index contributed by atoms with van der Waals surface area (Å²) >= 11 is 0. The predicted molar refractivity (Wildman–Crippen MR) is 88.9 cm³/mol. The minimum Gasteiger partial charge on any atom is -0.383 e. The molecule has 6 nitrogen and oxygen atoms in total. The summed E-state index contributed by atoms with van der Waals surface area (Å²) in [5, 5.41) is 9.13. The van der Waals surface area contributed by atoms with Crippen LogP contribution in [0.3, 0.4) is 0 Å². The van der Waals surface area contributed by atoms with Crippen LogP contribution < -0.4 is 4.90 Å². The van der Waals surface area contributed by atoms with Gasteiger partial charge in [0.05, 0.1) is 23.9 Å². The van der Waals surface area contributed by atoms with E-state index in [1.165, 1.54) is 4.31 Å². The van der Waals surface area contributed by atoms with Gasteiger partial charge in [0.2, 0.25) is 10.0 Å². The predicted octanol–water partition coefficient (Wildman–Crippen LogP) is 1.82. The number of rotatable bonds is 6. The zero-order valence-electron chi connectivity index (χ0n) is 13.7. The Morgan fingerprint density at radius 1 is 1.30 bits per heavy atom. The molecule has 1 aromatic carbocycles. The quantitative estimate of drug-likeness (QED) is 0.791. The Balaban J connectivity index is 2.42. The zero-order valence-corrected chi connectivity index (χ0v) is 14.5. The maximum absolute atomic E-state index is 12.9. The van der Waals surface area contributed by atoms with Gasteiger partial charge in [0.15, 0.2) is 0 Å². The number of sulfonamides is 1. The second kappa shape index (κ2) is 7.77. The molecular formula is C16H23N3O3S. The molecule has 0 atom stereocenters. The van der Waals surface area contributed by atoms with Crippen LogP contribution in [-0.4, -0.2) is 53.1 Å². The number of hydrogen-bond acceptors (Lipinski definition) is 5. The Bertz CT molecular complexity index is 676. The zero-order chi connectivity index (χ0) is 16.9. The molecule has 23 heavy (non-hydrogen) atoms. The Morgan fingerprint density at radius 3 is 2.61 bits per heavy atom. The van der Waals surface area contributed by atoms with Gasteiger partial charge in [-0.1, -0.05) is 0 Å². The SMILES string of the molecule is COCCN(C)S(=O)(=O)c1ccc(C#N)cc1N1CCCCC1. The van der Waals surface area contributed by atoms with Crippen LogP contribution in [0.15, 0.2) is 23.1 Å². The lowest BCUT2D eigenvalue weighted by atomic mass is 10.1. The minimum atomic E-state index is -3.61. The molecule has 0 unspecified atom stereocenters. The van der Waals surface area contributed by atoms with E-state index in [1.807, 2.05) is 0 Å². The van der Waals surface area contributed by atoms with Crippen LogP contribution >= 0.6 is 0 Å². The van der Waals surface area contributed by atoms with Gasteiger partial charge in [-0.25, -0.2) is 8.42 Å². The summed E-state index contributed by atoms with van der Waals surface area (Å²) in [6, 6.07) is 6.88. The number of methoxy groups -OCH3 is 1. The average molecular weight is 337 g/mol. The number of anilines is 1. The number of hydrogen-bond donors (Lipinski definition) is 0. The average Bonchev–Trinajstić information content (AvgIpc) is 2.59. The molecule has 0 radical (unpaired) electrons. The Hall–Kier alpha value is -1.62. The first-order valence-electron chi connectivity index (χ1n) is 7.75. The lowest BCUT2D eigenvalue weighted by Crippen LogP contribution is -2.34. The summed E-state index contributed by atoms with van der Waals surface area (Å²) in [5.74, 6) is 0. The largest absolute Gasteiger partial charge is 0.383 e. The summed E-state index contributed by atoms with van der Waals surface area (Å²) in [6.45, 7) is 2.27. The summed E-state index contributed by atoms with van der Waals surface area (Å²) in [5.41, 5.74) is 1.11. The highest BCUT2D eigenvalue weighted by Gasteiger charge is 2.27. The van der Waals surface area contributed by atoms with E-state index < -0.39 is 10.0 Å². The molecule has 0 amide bonds. The van der Waals surface area contributed by atoms with Crippen LogP contribution in [0.25, 0.3) is 0 Å². The molecule has 7 heteroatoms. The van der Waals surface area contributed by atoms with Gasteiger partial charge >= 0.3 is 0 Å². The van der Waals surface area contributed by atoms with E-state index in [0.717, 1.165) is 32.4 Å². The van der Waals surface area contributed by atoms with Gasteiger partial charge in [0.1, 0.15) is 4.90 Å². The molecule has 0 aliphatic carbocycles. The smallest absolute Gasteiger partial charge is 0.244 e. The van der Waals surface area contributed by atoms with Crippen LogP contribution in [0.2, 0.25) is 0 Å². The molecule has 1 fully saturated rings. The summed E-state index contributed by atoms with van der Waals surface area (Å²) < 4.78 is 32.0. The molecular weight excluding hydrogens is 314 g/mol. The van der Waals surface area contributed by atoms with Crippen LogP contribution in [-0.2, 0) is 14.8 Å². The standard InChI is InChI=1S/C16H23N3O3S/c1-18(10-11-22-2)23(20,21)16-7-6-14(13-17)12-15(16)19-8-4-3-5-9-19/h6-7,12H,3-5,8-11H2,1-2H3. The third-order valence-electron chi connectivity index (χ3n) is 4.08. The number of ether oxygens (including phenoxy) is 1. The number of nitrogens with zero attached hydrogens (tertiary/aromatic N) is 3. The van der Waals surface area contributed by atoms with Gasteiger partial charge in [-0.3, -0.25) is 0 Å². The lowest BCUT2D eigenvalue weighted by molar-refractivity contribution is 0.185. The van der Waals surface area contributed by atoms with Gasteiger partial charge in [-0.15, -0.1) is 0 Å². The van der Waals surface area contributed by atoms with Gasteiger partial charge < -0.3 is 9.64 Å². The van der Waals surface area contributed by atoms with Crippen molar-refractivity contribution < 1.29 is 13.2 Å². The van der Waals surface area contributed by atoms with Crippen molar-refractivity contribution >= 4 is 15.7 Å². The van der Waals surface area contributed by atoms with Crippen molar-refractivity contribution in [1.29, 1.82) is 5.26 Å². The summed E-state index contributed by atoms with van der Waals surface area (Å²) in [7, 11) is -0.523. The molecule has 0 N–H and O–H groups in total. The Morgan fingerprint density at radius 2 is 2.00 bits per heavy atom. The highest BCUT2D eigenvalue weighted by atomic mass is 32.2. The molecule has 0 bridgehead atoms. The maximum atomic E-state index is 12.9. The fourth-order valence-electron chi connectivity index (χ4n) is 2.69. The van der Waals surface area contributed by atoms with Crippen molar-refractivity contribution in [2.75, 3.05) is 45.3 Å². The maximum Gasteiger partial charge on any atom is 0.244 e. The fourth-order valence-corrected chi connectivity index (χ4v) is 4.04. The van der Waals surface area contributed by atoms with Crippen molar-refractivity contribution in [3.05, 3.63) is 23.8 Å². The molecule has 0 spiro atoms. The molecule has 1 aliphatic rings. The topological polar surface area (TPSA) is 73.6 Å². The van der Waals surface area contributed by atoms with Gasteiger partial charge in [0.25, 0.3) is 0 Å². The molecule has 1 saturated heterocycles. The fraction of sp³-hybridized carbons (Fsp3) is 0.562. The second-order valence-corrected chi connectivity index (χ2v) is 7.67. The van der Waals surface area contributed by atoms with E-state index in [4.69, 9.17) is 10.00 Å². The van der Waals surface area contributed by atoms with Crippen molar-refractivity contribution in [3.8, 4) is 6.07 Å². The monoisotopic (exact) mass is 337 g/mol. The lowest BCUT2D eigenvalue weighted by Gasteiger charge is -2.31. The third-order valence-corrected chi connectivity index (χ3v) is 5.99. The summed E-state index contributed by atoms with van der Waals surface area (Å²) in [4.78, 5) is 2.33. The van der Waals surface area contributed by atoms with Crippen LogP contribution in [0.1, 0.15) is 24.8 Å². The van der Waals surface area contributed by atoms with Crippen molar-refractivity contribution in [3.63, 3.8) is 0 Å². The van der Waals surface area contributed by atoms with Crippen LogP contribution in [0.4, 0.5) is 5.69 Å². The minimum absolute atomic E-state index is 0.261. The normalized spacial score (nSPS) is 15.7. The Labute approximate surface area is 138 Å². The third kappa shape index (κ3) is 4.02. The first kappa shape index (κ1) is 17.7. The first-order valence-corrected chi connectivity index (χ1v) is 9.19. The second-order valence-electron chi connectivity index (χ2n) is 5.66. The molecule has 0 aromatic heterocycles. The molecule has 1 aliphatic heterocycles. The van der Waals surface area contributed by atoms with E-state index in [1.54, 1.807) is 32.4 Å². The highest BCUT2D eigenvalue weighted by molar-refractivity contribution is 7.89. The van der Waals surface area contributed by atoms with E-state index in [0.29, 0.717) is 17.9 Å². The highest BCUT2D eigenvalue weighted by Crippen LogP contribution is 2.30. The molecule has 1 heterocycles. The molecule has 2 rings (SSSR count). The van der Waals surface area contributed by atoms with Gasteiger partial charge in [0, 0.05) is 33.8 Å². The van der Waals surface area contributed by atoms with Gasteiger partial charge in [-0.05, 0) is 37.5 Å². The number of benzene rings is 1. The van der Waals surface area contributed by atoms with E-state index >= 15 is 0 Å². The van der Waals surface area contributed by atoms with Crippen LogP contribution in [0, 0.1) is 11.3 Å². The molecule has 1 aromatic rings. The van der Waals surface area contributed by atoms with E-state index in [9.17, 15) is 8.42 Å². The van der Waals surface area contributed by atoms with Crippen molar-refractivity contribution in [2.45, 2.75) is 24.2 Å². The van der Waals surface area contributed by atoms with Gasteiger partial charge in [-0.2, -0.15) is 9.57 Å². The Kier molecular flexibility index (Phi) is 5.99. The van der Waals surface area contributed by atoms with Crippen LogP contribution in [0.5, 0.6) is 0 Å². The molecule has 0 saturated carbocycles. The van der Waals surface area contributed by atoms with Crippen molar-refractivity contribution in [2.24, 2.45) is 0 Å². The number of piperidine rings is 1. The summed E-state index contributed by atoms with van der Waals surface area (Å²) in [6.07, 6.45) is 3.23. The van der Waals surface area contributed by atoms with Crippen molar-refractivity contribution in [1.82, 2.24) is 4.31 Å². The molecule has 126 valence electrons. The number of likely N-dealkylation sites (N-methyl/N-ethyl adjacent to an activating group) is 1. The van der Waals surface area contributed by atoms with E-state index in [-0.39, 0.29) is 11.4 Å². The first-order chi connectivity index (χ1) is 11.0. The van der Waals surface area contributed by atoms with E-state index in [2.05, 4.69) is 11.0 Å². The number of nitriles is 1.